The average Bonchev–Trinajstić information content (AvgIpc) is 2.82. The van der Waals surface area contributed by atoms with Gasteiger partial charge in [0.15, 0.2) is 0 Å². The maximum Gasteiger partial charge on any atom is 0.345 e. The Morgan fingerprint density at radius 2 is 2.11 bits per heavy atom. The minimum Gasteiger partial charge on any atom is -0.467 e. The Hall–Kier alpha value is -1.42. The number of methoxy groups -OCH3 is 1. The fraction of sp³-hybridized carbons (Fsp3) is 0.500. The van der Waals surface area contributed by atoms with Gasteiger partial charge in [-0.05, 0) is 12.5 Å². The van der Waals surface area contributed by atoms with Crippen LogP contribution in [-0.4, -0.2) is 36.7 Å². The number of esters is 1. The molecule has 0 unspecified atom stereocenters. The molecule has 1 fully saturated rings. The summed E-state index contributed by atoms with van der Waals surface area (Å²) >= 11 is 0. The summed E-state index contributed by atoms with van der Waals surface area (Å²) in [5.41, 5.74) is -0.718. The van der Waals surface area contributed by atoms with Gasteiger partial charge in [0.25, 0.3) is 0 Å². The lowest BCUT2D eigenvalue weighted by Crippen LogP contribution is -2.38. The second-order valence-electron chi connectivity index (χ2n) is 4.76. The van der Waals surface area contributed by atoms with Gasteiger partial charge in [-0.3, -0.25) is 4.90 Å². The Bertz CT molecular complexity index is 423. The molecular weight excluding hydrogens is 233 g/mol. The summed E-state index contributed by atoms with van der Waals surface area (Å²) in [6.45, 7) is 2.70. The molecule has 18 heavy (non-hydrogen) atoms. The SMILES string of the molecule is COC(=O)[C@]1(F)CCN([C@H](C)c2ccccc2)C1. The number of benzene rings is 1. The van der Waals surface area contributed by atoms with Gasteiger partial charge in [0.2, 0.25) is 5.67 Å². The highest BCUT2D eigenvalue weighted by Gasteiger charge is 2.47. The van der Waals surface area contributed by atoms with Crippen molar-refractivity contribution in [1.82, 2.24) is 4.90 Å². The van der Waals surface area contributed by atoms with Crippen LogP contribution < -0.4 is 0 Å². The van der Waals surface area contributed by atoms with E-state index in [2.05, 4.69) is 4.74 Å². The summed E-state index contributed by atoms with van der Waals surface area (Å²) in [4.78, 5) is 13.4. The second kappa shape index (κ2) is 5.06. The topological polar surface area (TPSA) is 29.5 Å². The van der Waals surface area contributed by atoms with Gasteiger partial charge >= 0.3 is 5.97 Å². The number of carbonyl (C=O) groups excluding carboxylic acids is 1. The van der Waals surface area contributed by atoms with E-state index in [9.17, 15) is 9.18 Å². The molecule has 1 aromatic carbocycles. The highest BCUT2D eigenvalue weighted by molar-refractivity contribution is 5.80. The Morgan fingerprint density at radius 3 is 2.72 bits per heavy atom. The first kappa shape index (κ1) is 13.0. The summed E-state index contributed by atoms with van der Waals surface area (Å²) in [5, 5.41) is 0. The molecule has 0 amide bonds. The molecule has 1 aromatic rings. The minimum absolute atomic E-state index is 0.105. The second-order valence-corrected chi connectivity index (χ2v) is 4.76. The van der Waals surface area contributed by atoms with Crippen molar-refractivity contribution in [3.05, 3.63) is 35.9 Å². The van der Waals surface area contributed by atoms with Crippen molar-refractivity contribution < 1.29 is 13.9 Å². The molecule has 3 nitrogen and oxygen atoms in total. The molecule has 4 heteroatoms. The Kier molecular flexibility index (Phi) is 3.66. The van der Waals surface area contributed by atoms with Crippen LogP contribution in [-0.2, 0) is 9.53 Å². The average molecular weight is 251 g/mol. The molecule has 1 heterocycles. The highest BCUT2D eigenvalue weighted by atomic mass is 19.1. The summed E-state index contributed by atoms with van der Waals surface area (Å²) in [7, 11) is 1.23. The summed E-state index contributed by atoms with van der Waals surface area (Å²) in [6.07, 6.45) is 0.205. The molecule has 0 N–H and O–H groups in total. The van der Waals surface area contributed by atoms with Crippen LogP contribution in [0.5, 0.6) is 0 Å². The van der Waals surface area contributed by atoms with Gasteiger partial charge < -0.3 is 4.74 Å². The molecular formula is C14H18FNO2. The molecule has 0 saturated carbocycles. The van der Waals surface area contributed by atoms with E-state index in [4.69, 9.17) is 0 Å². The monoisotopic (exact) mass is 251 g/mol. The zero-order valence-electron chi connectivity index (χ0n) is 10.7. The van der Waals surface area contributed by atoms with Crippen LogP contribution in [0.1, 0.15) is 24.9 Å². The number of alkyl halides is 1. The molecule has 0 spiro atoms. The van der Waals surface area contributed by atoms with E-state index in [1.54, 1.807) is 0 Å². The maximum absolute atomic E-state index is 14.3. The number of halogens is 1. The normalized spacial score (nSPS) is 25.9. The third kappa shape index (κ3) is 2.38. The number of carbonyl (C=O) groups is 1. The van der Waals surface area contributed by atoms with Crippen molar-refractivity contribution in [1.29, 1.82) is 0 Å². The highest BCUT2D eigenvalue weighted by Crippen LogP contribution is 2.32. The molecule has 98 valence electrons. The summed E-state index contributed by atoms with van der Waals surface area (Å²) in [6, 6.07) is 10.0. The van der Waals surface area contributed by atoms with Gasteiger partial charge in [0, 0.05) is 25.6 Å². The van der Waals surface area contributed by atoms with Crippen LogP contribution >= 0.6 is 0 Å². The van der Waals surface area contributed by atoms with Gasteiger partial charge in [-0.25, -0.2) is 9.18 Å². The predicted octanol–water partition coefficient (Wildman–Crippen LogP) is 2.33. The number of rotatable bonds is 3. The first-order valence-corrected chi connectivity index (χ1v) is 6.13. The third-order valence-corrected chi connectivity index (χ3v) is 3.63. The van der Waals surface area contributed by atoms with Crippen LogP contribution in [0.4, 0.5) is 4.39 Å². The lowest BCUT2D eigenvalue weighted by atomic mass is 10.1. The Morgan fingerprint density at radius 1 is 1.44 bits per heavy atom. The van der Waals surface area contributed by atoms with Crippen molar-refractivity contribution in [3.63, 3.8) is 0 Å². The van der Waals surface area contributed by atoms with E-state index in [-0.39, 0.29) is 19.0 Å². The third-order valence-electron chi connectivity index (χ3n) is 3.63. The van der Waals surface area contributed by atoms with Crippen LogP contribution in [0.3, 0.4) is 0 Å². The lowest BCUT2D eigenvalue weighted by molar-refractivity contribution is -0.153. The van der Waals surface area contributed by atoms with E-state index in [1.807, 2.05) is 42.2 Å². The smallest absolute Gasteiger partial charge is 0.345 e. The van der Waals surface area contributed by atoms with E-state index in [0.717, 1.165) is 5.56 Å². The van der Waals surface area contributed by atoms with Crippen molar-refractivity contribution in [3.8, 4) is 0 Å². The number of nitrogens with zero attached hydrogens (tertiary/aromatic N) is 1. The zero-order valence-corrected chi connectivity index (χ0v) is 10.7. The molecule has 1 aliphatic heterocycles. The molecule has 1 saturated heterocycles. The lowest BCUT2D eigenvalue weighted by Gasteiger charge is -2.25. The molecule has 0 bridgehead atoms. The van der Waals surface area contributed by atoms with Gasteiger partial charge in [-0.2, -0.15) is 0 Å². The van der Waals surface area contributed by atoms with Gasteiger partial charge in [0.1, 0.15) is 0 Å². The van der Waals surface area contributed by atoms with Crippen LogP contribution in [0.2, 0.25) is 0 Å². The fourth-order valence-electron chi connectivity index (χ4n) is 2.42. The summed E-state index contributed by atoms with van der Waals surface area (Å²) in [5.74, 6) is -0.759. The van der Waals surface area contributed by atoms with Crippen molar-refractivity contribution >= 4 is 5.97 Å². The van der Waals surface area contributed by atoms with Crippen molar-refractivity contribution in [2.45, 2.75) is 25.1 Å². The van der Waals surface area contributed by atoms with Crippen LogP contribution in [0.15, 0.2) is 30.3 Å². The van der Waals surface area contributed by atoms with Crippen molar-refractivity contribution in [2.75, 3.05) is 20.2 Å². The molecule has 1 aliphatic rings. The Labute approximate surface area is 107 Å². The molecule has 0 aromatic heterocycles. The first-order valence-electron chi connectivity index (χ1n) is 6.13. The molecule has 2 rings (SSSR count). The predicted molar refractivity (Wildman–Crippen MR) is 66.9 cm³/mol. The fourth-order valence-corrected chi connectivity index (χ4v) is 2.42. The van der Waals surface area contributed by atoms with E-state index < -0.39 is 11.6 Å². The molecule has 2 atom stereocenters. The van der Waals surface area contributed by atoms with Crippen LogP contribution in [0, 0.1) is 0 Å². The number of ether oxygens (including phenoxy) is 1. The molecule has 0 aliphatic carbocycles. The van der Waals surface area contributed by atoms with E-state index in [1.165, 1.54) is 7.11 Å². The Balaban J connectivity index is 2.07. The van der Waals surface area contributed by atoms with Crippen LogP contribution in [0.25, 0.3) is 0 Å². The van der Waals surface area contributed by atoms with E-state index >= 15 is 0 Å². The number of hydrogen-bond donors (Lipinski definition) is 0. The first-order chi connectivity index (χ1) is 8.57. The van der Waals surface area contributed by atoms with Crippen molar-refractivity contribution in [2.24, 2.45) is 0 Å². The van der Waals surface area contributed by atoms with Gasteiger partial charge in [-0.1, -0.05) is 30.3 Å². The largest absolute Gasteiger partial charge is 0.467 e. The quantitative estimate of drug-likeness (QED) is 0.772. The number of likely N-dealkylation sites (tertiary alicyclic amines) is 1. The van der Waals surface area contributed by atoms with E-state index in [0.29, 0.717) is 6.54 Å². The number of hydrogen-bond acceptors (Lipinski definition) is 3. The van der Waals surface area contributed by atoms with Gasteiger partial charge in [-0.15, -0.1) is 0 Å². The van der Waals surface area contributed by atoms with Gasteiger partial charge in [0.05, 0.1) is 7.11 Å². The minimum atomic E-state index is -1.85. The summed E-state index contributed by atoms with van der Waals surface area (Å²) < 4.78 is 18.8. The maximum atomic E-state index is 14.3. The standard InChI is InChI=1S/C14H18FNO2/c1-11(12-6-4-3-5-7-12)16-9-8-14(15,10-16)13(17)18-2/h3-7,11H,8-10H2,1-2H3/t11-,14+/m1/s1. The zero-order chi connectivity index (χ0) is 13.2. The molecule has 0 radical (unpaired) electrons.